The zero-order chi connectivity index (χ0) is 25.2. The van der Waals surface area contributed by atoms with Crippen LogP contribution in [0.4, 0.5) is 21.9 Å². The molecule has 0 radical (unpaired) electrons. The Morgan fingerprint density at radius 3 is 2.78 bits per heavy atom. The van der Waals surface area contributed by atoms with Crippen LogP contribution in [-0.4, -0.2) is 47.0 Å². The normalized spacial score (nSPS) is 15.0. The zero-order valence-corrected chi connectivity index (χ0v) is 20.6. The number of thiophene rings is 1. The summed E-state index contributed by atoms with van der Waals surface area (Å²) >= 11 is 1.20. The highest BCUT2D eigenvalue weighted by Gasteiger charge is 2.33. The summed E-state index contributed by atoms with van der Waals surface area (Å²) in [6.07, 6.45) is 9.03. The van der Waals surface area contributed by atoms with E-state index in [0.717, 1.165) is 18.4 Å². The van der Waals surface area contributed by atoms with Crippen LogP contribution >= 0.6 is 11.3 Å². The second-order valence-corrected chi connectivity index (χ2v) is 9.67. The van der Waals surface area contributed by atoms with E-state index >= 15 is 0 Å². The predicted molar refractivity (Wildman–Crippen MR) is 138 cm³/mol. The highest BCUT2D eigenvalue weighted by Crippen LogP contribution is 2.46. The number of urea groups is 1. The second kappa shape index (κ2) is 9.94. The van der Waals surface area contributed by atoms with Gasteiger partial charge in [-0.3, -0.25) is 14.5 Å². The molecule has 5 rings (SSSR count). The van der Waals surface area contributed by atoms with E-state index in [2.05, 4.69) is 32.5 Å². The van der Waals surface area contributed by atoms with Crippen LogP contribution < -0.4 is 25.6 Å². The van der Waals surface area contributed by atoms with E-state index in [1.165, 1.54) is 30.3 Å². The molecule has 186 valence electrons. The summed E-state index contributed by atoms with van der Waals surface area (Å²) in [7, 11) is 0. The van der Waals surface area contributed by atoms with Crippen molar-refractivity contribution in [1.82, 2.24) is 20.6 Å². The van der Waals surface area contributed by atoms with E-state index in [4.69, 9.17) is 4.74 Å². The highest BCUT2D eigenvalue weighted by molar-refractivity contribution is 7.21. The minimum absolute atomic E-state index is 0.192. The Balaban J connectivity index is 1.41. The van der Waals surface area contributed by atoms with Gasteiger partial charge in [0.05, 0.1) is 28.6 Å². The molecule has 1 aliphatic carbocycles. The summed E-state index contributed by atoms with van der Waals surface area (Å²) < 4.78 is 6.02. The van der Waals surface area contributed by atoms with Crippen LogP contribution in [0.25, 0.3) is 10.2 Å². The number of nitrogens with one attached hydrogen (secondary N) is 3. The molecule has 11 heteroatoms. The number of aryl methyl sites for hydroxylation is 1. The molecule has 0 unspecified atom stereocenters. The summed E-state index contributed by atoms with van der Waals surface area (Å²) in [5.41, 5.74) is 2.52. The Morgan fingerprint density at radius 1 is 1.25 bits per heavy atom. The van der Waals surface area contributed by atoms with Crippen molar-refractivity contribution in [3.63, 3.8) is 0 Å². The molecule has 3 aromatic rings. The second-order valence-electron chi connectivity index (χ2n) is 8.67. The maximum absolute atomic E-state index is 13.3. The monoisotopic (exact) mass is 506 g/mol. The van der Waals surface area contributed by atoms with Gasteiger partial charge in [0.2, 0.25) is 11.8 Å². The number of hydrogen-bond acceptors (Lipinski definition) is 7. The summed E-state index contributed by atoms with van der Waals surface area (Å²) in [6, 6.07) is 3.22. The number of amides is 4. The lowest BCUT2D eigenvalue weighted by Crippen LogP contribution is -2.36. The first-order valence-corrected chi connectivity index (χ1v) is 12.6. The average molecular weight is 507 g/mol. The van der Waals surface area contributed by atoms with Gasteiger partial charge in [-0.15, -0.1) is 11.3 Å². The van der Waals surface area contributed by atoms with Gasteiger partial charge in [-0.1, -0.05) is 6.58 Å². The third kappa shape index (κ3) is 4.49. The summed E-state index contributed by atoms with van der Waals surface area (Å²) in [6.45, 7) is 5.79. The minimum Gasteiger partial charge on any atom is -0.474 e. The SMILES string of the molecule is C=CC(=O)NCCNC(=O)c1sc2nccc3c2c1NC(=O)N3c1cnc(OC2CCCC2)cc1C. The fraction of sp³-hybridized carbons (Fsp3) is 0.320. The molecule has 0 aromatic carbocycles. The van der Waals surface area contributed by atoms with E-state index in [1.807, 2.05) is 13.0 Å². The Morgan fingerprint density at radius 2 is 2.03 bits per heavy atom. The Kier molecular flexibility index (Phi) is 6.55. The number of nitrogens with zero attached hydrogens (tertiary/aromatic N) is 3. The van der Waals surface area contributed by atoms with Gasteiger partial charge in [0.15, 0.2) is 0 Å². The summed E-state index contributed by atoms with van der Waals surface area (Å²) in [5.74, 6) is -0.114. The summed E-state index contributed by atoms with van der Waals surface area (Å²) in [5, 5.41) is 8.94. The van der Waals surface area contributed by atoms with Gasteiger partial charge in [0.25, 0.3) is 5.91 Å². The quantitative estimate of drug-likeness (QED) is 0.313. The zero-order valence-electron chi connectivity index (χ0n) is 19.8. The number of rotatable bonds is 8. The number of carbonyl (C=O) groups excluding carboxylic acids is 3. The van der Waals surface area contributed by atoms with Crippen molar-refractivity contribution in [3.05, 3.63) is 47.6 Å². The van der Waals surface area contributed by atoms with Crippen LogP contribution in [0.3, 0.4) is 0 Å². The third-order valence-corrected chi connectivity index (χ3v) is 7.33. The van der Waals surface area contributed by atoms with Gasteiger partial charge in [0.1, 0.15) is 15.8 Å². The fourth-order valence-electron chi connectivity index (χ4n) is 4.50. The molecule has 10 nitrogen and oxygen atoms in total. The van der Waals surface area contributed by atoms with E-state index in [-0.39, 0.29) is 31.0 Å². The molecule has 3 N–H and O–H groups in total. The number of ether oxygens (including phenoxy) is 1. The predicted octanol–water partition coefficient (Wildman–Crippen LogP) is 4.04. The van der Waals surface area contributed by atoms with Gasteiger partial charge in [-0.05, 0) is 50.3 Å². The van der Waals surface area contributed by atoms with E-state index in [1.54, 1.807) is 23.4 Å². The lowest BCUT2D eigenvalue weighted by Gasteiger charge is -2.29. The van der Waals surface area contributed by atoms with Crippen molar-refractivity contribution in [1.29, 1.82) is 0 Å². The van der Waals surface area contributed by atoms with E-state index < -0.39 is 6.03 Å². The third-order valence-electron chi connectivity index (χ3n) is 6.24. The number of aromatic nitrogens is 2. The first-order chi connectivity index (χ1) is 17.5. The standard InChI is InChI=1S/C25H26N6O4S/c1-3-18(32)26-10-11-27-23(33)22-21-20-16(8-9-28-24(20)36-22)31(25(34)30-21)17-13-29-19(12-14(17)2)35-15-6-4-5-7-15/h3,8-9,12-13,15H,1,4-7,10-11H2,2H3,(H,26,32)(H,27,33)(H,30,34). The van der Waals surface area contributed by atoms with Crippen molar-refractivity contribution in [2.75, 3.05) is 23.3 Å². The number of pyridine rings is 2. The number of carbonyl (C=O) groups is 3. The highest BCUT2D eigenvalue weighted by atomic mass is 32.1. The fourth-order valence-corrected chi connectivity index (χ4v) is 5.53. The smallest absolute Gasteiger partial charge is 0.331 e. The molecule has 4 amide bonds. The van der Waals surface area contributed by atoms with Crippen LogP contribution in [0, 0.1) is 6.92 Å². The molecule has 4 heterocycles. The van der Waals surface area contributed by atoms with Crippen molar-refractivity contribution >= 4 is 56.5 Å². The topological polar surface area (TPSA) is 126 Å². The average Bonchev–Trinajstić information content (AvgIpc) is 3.51. The molecule has 1 fully saturated rings. The van der Waals surface area contributed by atoms with Gasteiger partial charge in [-0.25, -0.2) is 14.8 Å². The maximum Gasteiger partial charge on any atom is 0.331 e. The van der Waals surface area contributed by atoms with Crippen molar-refractivity contribution in [3.8, 4) is 5.88 Å². The molecule has 0 saturated heterocycles. The van der Waals surface area contributed by atoms with Crippen molar-refractivity contribution < 1.29 is 19.1 Å². The lowest BCUT2D eigenvalue weighted by atomic mass is 10.1. The van der Waals surface area contributed by atoms with Gasteiger partial charge < -0.3 is 20.7 Å². The maximum atomic E-state index is 13.3. The molecule has 1 saturated carbocycles. The molecule has 0 spiro atoms. The Bertz CT molecular complexity index is 1360. The molecule has 0 bridgehead atoms. The van der Waals surface area contributed by atoms with Crippen LogP contribution in [0.5, 0.6) is 5.88 Å². The van der Waals surface area contributed by atoms with Crippen molar-refractivity contribution in [2.45, 2.75) is 38.7 Å². The molecule has 0 atom stereocenters. The molecule has 3 aromatic heterocycles. The molecule has 2 aliphatic rings. The molecular weight excluding hydrogens is 480 g/mol. The molecular formula is C25H26N6O4S. The largest absolute Gasteiger partial charge is 0.474 e. The Hall–Kier alpha value is -3.99. The van der Waals surface area contributed by atoms with Crippen LogP contribution in [0.15, 0.2) is 37.2 Å². The first-order valence-electron chi connectivity index (χ1n) is 11.8. The first kappa shape index (κ1) is 23.7. The van der Waals surface area contributed by atoms with Gasteiger partial charge >= 0.3 is 6.03 Å². The summed E-state index contributed by atoms with van der Waals surface area (Å²) in [4.78, 5) is 48.9. The molecule has 1 aliphatic heterocycles. The number of hydrogen-bond donors (Lipinski definition) is 3. The minimum atomic E-state index is -0.393. The van der Waals surface area contributed by atoms with Crippen LogP contribution in [-0.2, 0) is 4.79 Å². The molecule has 36 heavy (non-hydrogen) atoms. The van der Waals surface area contributed by atoms with Crippen LogP contribution in [0.2, 0.25) is 0 Å². The van der Waals surface area contributed by atoms with Gasteiger partial charge in [-0.2, -0.15) is 0 Å². The van der Waals surface area contributed by atoms with Crippen molar-refractivity contribution in [2.24, 2.45) is 0 Å². The van der Waals surface area contributed by atoms with E-state index in [0.29, 0.717) is 38.0 Å². The van der Waals surface area contributed by atoms with Crippen LogP contribution in [0.1, 0.15) is 40.9 Å². The Labute approximate surface area is 211 Å². The lowest BCUT2D eigenvalue weighted by molar-refractivity contribution is -0.116. The van der Waals surface area contributed by atoms with Gasteiger partial charge in [0, 0.05) is 25.4 Å². The number of anilines is 3. The van der Waals surface area contributed by atoms with E-state index in [9.17, 15) is 14.4 Å².